The third-order valence-corrected chi connectivity index (χ3v) is 6.94. The SMILES string of the molecule is Clc1ccccc1-c1[nH]c2ccccc2c1N1c2ccccc2Sc2ccccc21. The van der Waals surface area contributed by atoms with Gasteiger partial charge in [-0.15, -0.1) is 0 Å². The molecule has 0 saturated carbocycles. The number of halogens is 1. The molecule has 0 aliphatic carbocycles. The molecule has 2 nitrogen and oxygen atoms in total. The topological polar surface area (TPSA) is 19.0 Å². The second-order valence-electron chi connectivity index (χ2n) is 7.25. The van der Waals surface area contributed by atoms with E-state index >= 15 is 0 Å². The fraction of sp³-hybridized carbons (Fsp3) is 0. The van der Waals surface area contributed by atoms with Crippen LogP contribution in [0.3, 0.4) is 0 Å². The number of rotatable bonds is 2. The van der Waals surface area contributed by atoms with Crippen molar-refractivity contribution in [2.75, 3.05) is 4.90 Å². The maximum absolute atomic E-state index is 6.66. The van der Waals surface area contributed by atoms with E-state index in [-0.39, 0.29) is 0 Å². The molecule has 6 rings (SSSR count). The van der Waals surface area contributed by atoms with Gasteiger partial charge in [0.15, 0.2) is 0 Å². The predicted molar refractivity (Wildman–Crippen MR) is 128 cm³/mol. The van der Waals surface area contributed by atoms with Gasteiger partial charge in [-0.05, 0) is 36.4 Å². The molecule has 0 atom stereocenters. The van der Waals surface area contributed by atoms with Crippen molar-refractivity contribution < 1.29 is 0 Å². The molecule has 30 heavy (non-hydrogen) atoms. The van der Waals surface area contributed by atoms with E-state index in [0.717, 1.165) is 27.5 Å². The molecule has 1 aromatic heterocycles. The second kappa shape index (κ2) is 6.98. The van der Waals surface area contributed by atoms with Gasteiger partial charge in [-0.25, -0.2) is 0 Å². The first-order valence-corrected chi connectivity index (χ1v) is 11.0. The Hall–Kier alpha value is -3.14. The van der Waals surface area contributed by atoms with Crippen LogP contribution in [0.1, 0.15) is 0 Å². The average molecular weight is 425 g/mol. The number of aromatic amines is 1. The Morgan fingerprint density at radius 1 is 0.667 bits per heavy atom. The van der Waals surface area contributed by atoms with Crippen LogP contribution in [-0.2, 0) is 0 Å². The zero-order valence-corrected chi connectivity index (χ0v) is 17.5. The quantitative estimate of drug-likeness (QED) is 0.300. The Morgan fingerprint density at radius 2 is 1.27 bits per heavy atom. The van der Waals surface area contributed by atoms with Gasteiger partial charge in [0.1, 0.15) is 0 Å². The summed E-state index contributed by atoms with van der Waals surface area (Å²) in [6.07, 6.45) is 0. The van der Waals surface area contributed by atoms with Crippen LogP contribution in [0.25, 0.3) is 22.2 Å². The summed E-state index contributed by atoms with van der Waals surface area (Å²) in [5.74, 6) is 0. The molecule has 0 radical (unpaired) electrons. The van der Waals surface area contributed by atoms with Crippen LogP contribution in [0.15, 0.2) is 107 Å². The van der Waals surface area contributed by atoms with Gasteiger partial charge in [0.25, 0.3) is 0 Å². The number of H-pyrrole nitrogens is 1. The highest BCUT2D eigenvalue weighted by molar-refractivity contribution is 7.99. The lowest BCUT2D eigenvalue weighted by atomic mass is 10.1. The molecule has 1 aliphatic rings. The molecule has 2 heterocycles. The summed E-state index contributed by atoms with van der Waals surface area (Å²) in [5.41, 5.74) is 6.60. The van der Waals surface area contributed by atoms with Gasteiger partial charge in [-0.1, -0.05) is 84.0 Å². The van der Waals surface area contributed by atoms with Gasteiger partial charge in [0.05, 0.1) is 22.8 Å². The Balaban J connectivity index is 1.73. The third kappa shape index (κ3) is 2.67. The molecule has 5 aromatic rings. The van der Waals surface area contributed by atoms with E-state index in [4.69, 9.17) is 11.6 Å². The van der Waals surface area contributed by atoms with E-state index in [0.29, 0.717) is 0 Å². The van der Waals surface area contributed by atoms with Gasteiger partial charge in [-0.3, -0.25) is 0 Å². The van der Waals surface area contributed by atoms with E-state index < -0.39 is 0 Å². The monoisotopic (exact) mass is 424 g/mol. The van der Waals surface area contributed by atoms with E-state index in [2.05, 4.69) is 88.7 Å². The number of fused-ring (bicyclic) bond motifs is 3. The number of anilines is 3. The zero-order valence-electron chi connectivity index (χ0n) is 16.0. The van der Waals surface area contributed by atoms with Crippen LogP contribution in [0.2, 0.25) is 5.02 Å². The first-order valence-electron chi connectivity index (χ1n) is 9.83. The summed E-state index contributed by atoms with van der Waals surface area (Å²) >= 11 is 8.47. The standard InChI is InChI=1S/C26H17ClN2S/c27-19-11-3-1-9-17(19)25-26(18-10-2-4-12-20(18)28-25)29-21-13-5-7-15-23(21)30-24-16-8-6-14-22(24)29/h1-16,28H. The molecular formula is C26H17ClN2S. The number of hydrogen-bond acceptors (Lipinski definition) is 2. The zero-order chi connectivity index (χ0) is 20.1. The number of hydrogen-bond donors (Lipinski definition) is 1. The van der Waals surface area contributed by atoms with Crippen molar-refractivity contribution in [1.29, 1.82) is 0 Å². The molecule has 0 amide bonds. The summed E-state index contributed by atoms with van der Waals surface area (Å²) in [5, 5.41) is 1.90. The van der Waals surface area contributed by atoms with Crippen LogP contribution in [-0.4, -0.2) is 4.98 Å². The smallest absolute Gasteiger partial charge is 0.0798 e. The number of aromatic nitrogens is 1. The van der Waals surface area contributed by atoms with Crippen LogP contribution < -0.4 is 4.90 Å². The van der Waals surface area contributed by atoms with Crippen LogP contribution in [0, 0.1) is 0 Å². The molecule has 0 unspecified atom stereocenters. The molecule has 1 N–H and O–H groups in total. The Bertz CT molecular complexity index is 1360. The van der Waals surface area contributed by atoms with Gasteiger partial charge < -0.3 is 9.88 Å². The maximum atomic E-state index is 6.66. The number of nitrogens with one attached hydrogen (secondary N) is 1. The molecule has 144 valence electrons. The molecule has 4 aromatic carbocycles. The summed E-state index contributed by atoms with van der Waals surface area (Å²) in [7, 11) is 0. The Labute approximate surface area is 184 Å². The Morgan fingerprint density at radius 3 is 2.00 bits per heavy atom. The predicted octanol–water partition coefficient (Wildman–Crippen LogP) is 8.42. The van der Waals surface area contributed by atoms with E-state index in [1.807, 2.05) is 30.0 Å². The summed E-state index contributed by atoms with van der Waals surface area (Å²) in [6.45, 7) is 0. The van der Waals surface area contributed by atoms with Gasteiger partial charge in [-0.2, -0.15) is 0 Å². The van der Waals surface area contributed by atoms with Crippen molar-refractivity contribution in [2.45, 2.75) is 9.79 Å². The lowest BCUT2D eigenvalue weighted by Crippen LogP contribution is -2.15. The average Bonchev–Trinajstić information content (AvgIpc) is 3.16. The number of benzene rings is 4. The van der Waals surface area contributed by atoms with Crippen molar-refractivity contribution >= 4 is 51.3 Å². The molecule has 4 heteroatoms. The minimum Gasteiger partial charge on any atom is -0.353 e. The molecule has 0 spiro atoms. The molecule has 0 saturated heterocycles. The Kier molecular flexibility index (Phi) is 4.12. The van der Waals surface area contributed by atoms with E-state index in [1.54, 1.807) is 0 Å². The summed E-state index contributed by atoms with van der Waals surface area (Å²) in [4.78, 5) is 8.51. The normalized spacial score (nSPS) is 12.6. The minimum atomic E-state index is 0.735. The highest BCUT2D eigenvalue weighted by atomic mass is 35.5. The number of para-hydroxylation sites is 3. The second-order valence-corrected chi connectivity index (χ2v) is 8.74. The maximum Gasteiger partial charge on any atom is 0.0798 e. The number of nitrogens with zero attached hydrogens (tertiary/aromatic N) is 1. The van der Waals surface area contributed by atoms with Crippen molar-refractivity contribution in [2.24, 2.45) is 0 Å². The highest BCUT2D eigenvalue weighted by Gasteiger charge is 2.29. The molecule has 0 bridgehead atoms. The largest absolute Gasteiger partial charge is 0.353 e. The van der Waals surface area contributed by atoms with Crippen LogP contribution in [0.5, 0.6) is 0 Å². The van der Waals surface area contributed by atoms with Crippen molar-refractivity contribution in [1.82, 2.24) is 4.98 Å². The summed E-state index contributed by atoms with van der Waals surface area (Å²) < 4.78 is 0. The minimum absolute atomic E-state index is 0.735. The fourth-order valence-electron chi connectivity index (χ4n) is 4.16. The van der Waals surface area contributed by atoms with Gasteiger partial charge in [0.2, 0.25) is 0 Å². The summed E-state index contributed by atoms with van der Waals surface area (Å²) in [6, 6.07) is 33.6. The first kappa shape index (κ1) is 17.7. The van der Waals surface area contributed by atoms with Crippen LogP contribution >= 0.6 is 23.4 Å². The van der Waals surface area contributed by atoms with E-state index in [9.17, 15) is 0 Å². The van der Waals surface area contributed by atoms with E-state index in [1.165, 1.54) is 26.6 Å². The molecule has 0 fully saturated rings. The van der Waals surface area contributed by atoms with Crippen molar-refractivity contribution in [3.8, 4) is 11.3 Å². The van der Waals surface area contributed by atoms with Crippen LogP contribution in [0.4, 0.5) is 17.1 Å². The molecular weight excluding hydrogens is 408 g/mol. The molecule has 1 aliphatic heterocycles. The highest BCUT2D eigenvalue weighted by Crippen LogP contribution is 2.54. The lowest BCUT2D eigenvalue weighted by molar-refractivity contribution is 1.17. The van der Waals surface area contributed by atoms with Gasteiger partial charge >= 0.3 is 0 Å². The van der Waals surface area contributed by atoms with Crippen molar-refractivity contribution in [3.63, 3.8) is 0 Å². The van der Waals surface area contributed by atoms with Gasteiger partial charge in [0, 0.05) is 31.3 Å². The fourth-order valence-corrected chi connectivity index (χ4v) is 5.45. The third-order valence-electron chi connectivity index (χ3n) is 5.48. The first-order chi connectivity index (χ1) is 14.8. The lowest BCUT2D eigenvalue weighted by Gasteiger charge is -2.33. The van der Waals surface area contributed by atoms with Crippen molar-refractivity contribution in [3.05, 3.63) is 102 Å².